The van der Waals surface area contributed by atoms with Crippen LogP contribution in [0.4, 0.5) is 0 Å². The molecule has 0 aromatic rings. The zero-order valence-electron chi connectivity index (χ0n) is 16.0. The van der Waals surface area contributed by atoms with Crippen LogP contribution in [0.15, 0.2) is 48.1 Å². The average molecular weight is 360 g/mol. The summed E-state index contributed by atoms with van der Waals surface area (Å²) in [6.07, 6.45) is 21.6. The van der Waals surface area contributed by atoms with Crippen molar-refractivity contribution in [1.29, 1.82) is 0 Å². The highest BCUT2D eigenvalue weighted by Gasteiger charge is 2.20. The Balaban J connectivity index is 2.30. The van der Waals surface area contributed by atoms with Crippen molar-refractivity contribution in [3.05, 3.63) is 48.1 Å². The van der Waals surface area contributed by atoms with Crippen molar-refractivity contribution in [3.8, 4) is 0 Å². The van der Waals surface area contributed by atoms with E-state index in [1.807, 2.05) is 18.2 Å². The number of rotatable bonds is 13. The Kier molecular flexibility index (Phi) is 12.1. The number of hydrogen-bond donors (Lipinski definition) is 2. The topological polar surface area (TPSA) is 66.4 Å². The Morgan fingerprint density at radius 2 is 2.00 bits per heavy atom. The summed E-state index contributed by atoms with van der Waals surface area (Å²) < 4.78 is 0. The molecule has 4 nitrogen and oxygen atoms in total. The van der Waals surface area contributed by atoms with Crippen molar-refractivity contribution in [2.24, 2.45) is 5.92 Å². The van der Waals surface area contributed by atoms with Gasteiger partial charge in [-0.1, -0.05) is 56.2 Å². The molecule has 1 rings (SSSR count). The predicted octanol–water partition coefficient (Wildman–Crippen LogP) is 4.03. The lowest BCUT2D eigenvalue weighted by Crippen LogP contribution is -2.25. The molecule has 0 heterocycles. The first-order chi connectivity index (χ1) is 12.7. The molecule has 26 heavy (non-hydrogen) atoms. The third-order valence-electron chi connectivity index (χ3n) is 4.32. The van der Waals surface area contributed by atoms with Crippen LogP contribution in [0.1, 0.15) is 58.3 Å². The van der Waals surface area contributed by atoms with Gasteiger partial charge in [0.25, 0.3) is 0 Å². The van der Waals surface area contributed by atoms with Crippen LogP contribution in [0, 0.1) is 5.92 Å². The van der Waals surface area contributed by atoms with E-state index in [1.54, 1.807) is 6.08 Å². The maximum atomic E-state index is 12.0. The van der Waals surface area contributed by atoms with Gasteiger partial charge >= 0.3 is 0 Å². The fourth-order valence-electron chi connectivity index (χ4n) is 2.80. The van der Waals surface area contributed by atoms with E-state index in [0.29, 0.717) is 13.0 Å². The number of allylic oxidation sites excluding steroid dienone is 8. The molecule has 144 valence electrons. The molecule has 0 saturated carbocycles. The number of amides is 1. The standard InChI is InChI=1S/C22H33NO3/c1-2-3-4-5-6-10-13-20-19(15-16-21(20)25)12-9-7-8-11-14-22(26)23-17-18-24/h6-7,9-10,13,15-16,19,24H,2-5,8,11-12,14,17-18H2,1H3,(H,23,26)/b9-7-,10-6+,20-13+/t19-/m0/s1. The largest absolute Gasteiger partial charge is 0.395 e. The maximum Gasteiger partial charge on any atom is 0.220 e. The van der Waals surface area contributed by atoms with Crippen LogP contribution in [0.5, 0.6) is 0 Å². The number of nitrogens with one attached hydrogen (secondary N) is 1. The van der Waals surface area contributed by atoms with E-state index in [0.717, 1.165) is 31.3 Å². The zero-order chi connectivity index (χ0) is 19.0. The summed E-state index contributed by atoms with van der Waals surface area (Å²) in [6, 6.07) is 0. The van der Waals surface area contributed by atoms with Crippen LogP contribution in [-0.4, -0.2) is 29.9 Å². The first kappa shape index (κ1) is 22.1. The molecule has 0 fully saturated rings. The van der Waals surface area contributed by atoms with Crippen molar-refractivity contribution in [2.45, 2.75) is 58.3 Å². The number of carbonyl (C=O) groups excluding carboxylic acids is 2. The summed E-state index contributed by atoms with van der Waals surface area (Å²) in [5.41, 5.74) is 0.866. The minimum Gasteiger partial charge on any atom is -0.395 e. The van der Waals surface area contributed by atoms with Crippen LogP contribution in [0.3, 0.4) is 0 Å². The van der Waals surface area contributed by atoms with Gasteiger partial charge in [-0.15, -0.1) is 0 Å². The molecular weight excluding hydrogens is 326 g/mol. The molecule has 0 aliphatic heterocycles. The van der Waals surface area contributed by atoms with Gasteiger partial charge in [0.1, 0.15) is 0 Å². The second kappa shape index (κ2) is 14.3. The van der Waals surface area contributed by atoms with E-state index in [-0.39, 0.29) is 24.2 Å². The van der Waals surface area contributed by atoms with Crippen molar-refractivity contribution < 1.29 is 14.7 Å². The Morgan fingerprint density at radius 3 is 2.77 bits per heavy atom. The minimum absolute atomic E-state index is 0.0206. The summed E-state index contributed by atoms with van der Waals surface area (Å²) in [5, 5.41) is 11.3. The Labute approximate surface area is 157 Å². The lowest BCUT2D eigenvalue weighted by atomic mass is 9.97. The van der Waals surface area contributed by atoms with Crippen LogP contribution >= 0.6 is 0 Å². The molecule has 1 amide bonds. The number of aliphatic hydroxyl groups excluding tert-OH is 1. The van der Waals surface area contributed by atoms with E-state index < -0.39 is 0 Å². The van der Waals surface area contributed by atoms with Crippen LogP contribution < -0.4 is 5.32 Å². The molecule has 4 heteroatoms. The molecule has 1 aliphatic carbocycles. The first-order valence-electron chi connectivity index (χ1n) is 9.80. The molecule has 1 aliphatic rings. The Hall–Kier alpha value is -1.94. The van der Waals surface area contributed by atoms with Crippen molar-refractivity contribution in [2.75, 3.05) is 13.2 Å². The summed E-state index contributed by atoms with van der Waals surface area (Å²) in [7, 11) is 0. The van der Waals surface area contributed by atoms with Crippen molar-refractivity contribution >= 4 is 11.7 Å². The molecule has 0 unspecified atom stereocenters. The van der Waals surface area contributed by atoms with Crippen LogP contribution in [0.2, 0.25) is 0 Å². The summed E-state index contributed by atoms with van der Waals surface area (Å²) in [6.45, 7) is 2.49. The third kappa shape index (κ3) is 9.52. The number of unbranched alkanes of at least 4 members (excludes halogenated alkanes) is 4. The van der Waals surface area contributed by atoms with Gasteiger partial charge in [-0.3, -0.25) is 9.59 Å². The van der Waals surface area contributed by atoms with E-state index >= 15 is 0 Å². The SMILES string of the molecule is CCCCC/C=C/C=C1/C(=O)C=C[C@@H]1C/C=C\CCCC(=O)NCCO. The van der Waals surface area contributed by atoms with Crippen molar-refractivity contribution in [1.82, 2.24) is 5.32 Å². The fraction of sp³-hybridized carbons (Fsp3) is 0.545. The van der Waals surface area contributed by atoms with Crippen LogP contribution in [-0.2, 0) is 9.59 Å². The van der Waals surface area contributed by atoms with Gasteiger partial charge < -0.3 is 10.4 Å². The number of aliphatic hydroxyl groups is 1. The Bertz CT molecular complexity index is 544. The lowest BCUT2D eigenvalue weighted by Gasteiger charge is -2.06. The molecule has 0 spiro atoms. The van der Waals surface area contributed by atoms with Gasteiger partial charge in [0.15, 0.2) is 5.78 Å². The molecule has 0 bridgehead atoms. The molecule has 0 aromatic heterocycles. The molecule has 1 atom stereocenters. The molecule has 2 N–H and O–H groups in total. The third-order valence-corrected chi connectivity index (χ3v) is 4.32. The first-order valence-corrected chi connectivity index (χ1v) is 9.80. The molecule has 0 aromatic carbocycles. The van der Waals surface area contributed by atoms with Gasteiger partial charge in [-0.2, -0.15) is 0 Å². The highest BCUT2D eigenvalue weighted by molar-refractivity contribution is 6.07. The maximum absolute atomic E-state index is 12.0. The lowest BCUT2D eigenvalue weighted by molar-refractivity contribution is -0.121. The minimum atomic E-state index is -0.0248. The van der Waals surface area contributed by atoms with Gasteiger partial charge in [0, 0.05) is 24.5 Å². The quantitative estimate of drug-likeness (QED) is 0.296. The van der Waals surface area contributed by atoms with Gasteiger partial charge in [0.05, 0.1) is 6.61 Å². The summed E-state index contributed by atoms with van der Waals surface area (Å²) in [4.78, 5) is 23.4. The van der Waals surface area contributed by atoms with Gasteiger partial charge in [-0.25, -0.2) is 0 Å². The average Bonchev–Trinajstić information content (AvgIpc) is 2.99. The number of hydrogen-bond acceptors (Lipinski definition) is 3. The molecule has 0 radical (unpaired) electrons. The monoisotopic (exact) mass is 359 g/mol. The second-order valence-corrected chi connectivity index (χ2v) is 6.55. The van der Waals surface area contributed by atoms with E-state index in [9.17, 15) is 9.59 Å². The van der Waals surface area contributed by atoms with E-state index in [4.69, 9.17) is 5.11 Å². The fourth-order valence-corrected chi connectivity index (χ4v) is 2.80. The van der Waals surface area contributed by atoms with Crippen molar-refractivity contribution in [3.63, 3.8) is 0 Å². The second-order valence-electron chi connectivity index (χ2n) is 6.55. The highest BCUT2D eigenvalue weighted by atomic mass is 16.3. The predicted molar refractivity (Wildman–Crippen MR) is 107 cm³/mol. The van der Waals surface area contributed by atoms with E-state index in [1.165, 1.54) is 19.3 Å². The van der Waals surface area contributed by atoms with Gasteiger partial charge in [-0.05, 0) is 38.2 Å². The molecule has 0 saturated heterocycles. The number of carbonyl (C=O) groups is 2. The van der Waals surface area contributed by atoms with Gasteiger partial charge in [0.2, 0.25) is 5.91 Å². The number of ketones is 1. The highest BCUT2D eigenvalue weighted by Crippen LogP contribution is 2.25. The normalized spacial score (nSPS) is 18.6. The van der Waals surface area contributed by atoms with Crippen LogP contribution in [0.25, 0.3) is 0 Å². The van der Waals surface area contributed by atoms with E-state index in [2.05, 4.69) is 30.5 Å². The molecular formula is C22H33NO3. The smallest absolute Gasteiger partial charge is 0.220 e. The summed E-state index contributed by atoms with van der Waals surface area (Å²) in [5.74, 6) is 0.252. The summed E-state index contributed by atoms with van der Waals surface area (Å²) >= 11 is 0. The zero-order valence-corrected chi connectivity index (χ0v) is 16.0. The Morgan fingerprint density at radius 1 is 1.19 bits per heavy atom.